The van der Waals surface area contributed by atoms with Gasteiger partial charge in [-0.1, -0.05) is 6.07 Å². The standard InChI is InChI=1S/C15H14FNO4/c1-20-15(19)11-3-4-12(17-7-11)9-21-14-5-2-10(8-18)6-13(14)16/h2-7,18H,8-9H2,1H3. The summed E-state index contributed by atoms with van der Waals surface area (Å²) in [5, 5.41) is 8.90. The number of nitrogens with zero attached hydrogens (tertiary/aromatic N) is 1. The molecule has 5 nitrogen and oxygen atoms in total. The highest BCUT2D eigenvalue weighted by atomic mass is 19.1. The lowest BCUT2D eigenvalue weighted by Crippen LogP contribution is -2.04. The van der Waals surface area contributed by atoms with Crippen molar-refractivity contribution in [2.45, 2.75) is 13.2 Å². The Morgan fingerprint density at radius 1 is 1.33 bits per heavy atom. The molecule has 1 N–H and O–H groups in total. The molecule has 0 aliphatic heterocycles. The van der Waals surface area contributed by atoms with Gasteiger partial charge in [0.25, 0.3) is 0 Å². The fraction of sp³-hybridized carbons (Fsp3) is 0.200. The lowest BCUT2D eigenvalue weighted by atomic mass is 10.2. The zero-order valence-electron chi connectivity index (χ0n) is 11.4. The van der Waals surface area contributed by atoms with E-state index in [1.54, 1.807) is 18.2 Å². The van der Waals surface area contributed by atoms with Crippen LogP contribution in [0.1, 0.15) is 21.6 Å². The average molecular weight is 291 g/mol. The van der Waals surface area contributed by atoms with Crippen molar-refractivity contribution in [1.29, 1.82) is 0 Å². The lowest BCUT2D eigenvalue weighted by molar-refractivity contribution is 0.0600. The maximum atomic E-state index is 13.6. The molecule has 0 atom stereocenters. The normalized spacial score (nSPS) is 10.2. The fourth-order valence-corrected chi connectivity index (χ4v) is 1.66. The highest BCUT2D eigenvalue weighted by Crippen LogP contribution is 2.19. The van der Waals surface area contributed by atoms with Crippen molar-refractivity contribution in [3.8, 4) is 5.75 Å². The lowest BCUT2D eigenvalue weighted by Gasteiger charge is -2.08. The van der Waals surface area contributed by atoms with Crippen LogP contribution in [0.2, 0.25) is 0 Å². The number of benzene rings is 1. The molecule has 0 saturated carbocycles. The van der Waals surface area contributed by atoms with E-state index in [-0.39, 0.29) is 19.0 Å². The Morgan fingerprint density at radius 3 is 2.71 bits per heavy atom. The third kappa shape index (κ3) is 3.76. The van der Waals surface area contributed by atoms with Crippen molar-refractivity contribution in [2.75, 3.05) is 7.11 Å². The first-order valence-corrected chi connectivity index (χ1v) is 6.19. The van der Waals surface area contributed by atoms with Crippen molar-refractivity contribution in [3.63, 3.8) is 0 Å². The van der Waals surface area contributed by atoms with Crippen molar-refractivity contribution in [2.24, 2.45) is 0 Å². The van der Waals surface area contributed by atoms with Crippen LogP contribution < -0.4 is 4.74 Å². The molecule has 0 spiro atoms. The quantitative estimate of drug-likeness (QED) is 0.854. The molecule has 1 aromatic heterocycles. The molecule has 21 heavy (non-hydrogen) atoms. The van der Waals surface area contributed by atoms with Crippen LogP contribution in [0.3, 0.4) is 0 Å². The first-order valence-electron chi connectivity index (χ1n) is 6.19. The fourth-order valence-electron chi connectivity index (χ4n) is 1.66. The van der Waals surface area contributed by atoms with Gasteiger partial charge in [-0.15, -0.1) is 0 Å². The number of hydrogen-bond acceptors (Lipinski definition) is 5. The van der Waals surface area contributed by atoms with Crippen molar-refractivity contribution in [1.82, 2.24) is 4.98 Å². The molecule has 110 valence electrons. The summed E-state index contributed by atoms with van der Waals surface area (Å²) in [6.07, 6.45) is 1.37. The smallest absolute Gasteiger partial charge is 0.339 e. The molecular formula is C15H14FNO4. The summed E-state index contributed by atoms with van der Waals surface area (Å²) < 4.78 is 23.5. The highest BCUT2D eigenvalue weighted by molar-refractivity contribution is 5.88. The van der Waals surface area contributed by atoms with Crippen molar-refractivity contribution in [3.05, 3.63) is 59.2 Å². The van der Waals surface area contributed by atoms with Crippen molar-refractivity contribution >= 4 is 5.97 Å². The molecule has 6 heteroatoms. The second kappa shape index (κ2) is 6.81. The number of aromatic nitrogens is 1. The van der Waals surface area contributed by atoms with Crippen LogP contribution in [0.25, 0.3) is 0 Å². The Morgan fingerprint density at radius 2 is 2.14 bits per heavy atom. The Kier molecular flexibility index (Phi) is 4.84. The summed E-state index contributed by atoms with van der Waals surface area (Å²) in [6, 6.07) is 7.40. The largest absolute Gasteiger partial charge is 0.484 e. The van der Waals surface area contributed by atoms with Gasteiger partial charge < -0.3 is 14.6 Å². The summed E-state index contributed by atoms with van der Waals surface area (Å²) in [5.41, 5.74) is 1.36. The van der Waals surface area contributed by atoms with Gasteiger partial charge in [0.1, 0.15) is 6.61 Å². The second-order valence-electron chi connectivity index (χ2n) is 4.24. The molecule has 0 aliphatic rings. The average Bonchev–Trinajstić information content (AvgIpc) is 2.53. The van der Waals surface area contributed by atoms with E-state index in [1.165, 1.54) is 25.4 Å². The number of carbonyl (C=O) groups is 1. The third-order valence-electron chi connectivity index (χ3n) is 2.80. The third-order valence-corrected chi connectivity index (χ3v) is 2.80. The minimum absolute atomic E-state index is 0.0663. The number of aliphatic hydroxyl groups excluding tert-OH is 1. The van der Waals surface area contributed by atoms with Gasteiger partial charge in [-0.25, -0.2) is 9.18 Å². The van der Waals surface area contributed by atoms with Crippen LogP contribution in [-0.4, -0.2) is 23.2 Å². The molecule has 0 amide bonds. The molecule has 0 aliphatic carbocycles. The van der Waals surface area contributed by atoms with Crippen LogP contribution in [0.15, 0.2) is 36.5 Å². The molecule has 0 unspecified atom stereocenters. The number of aliphatic hydroxyl groups is 1. The van der Waals surface area contributed by atoms with E-state index in [2.05, 4.69) is 9.72 Å². The van der Waals surface area contributed by atoms with Gasteiger partial charge in [-0.05, 0) is 29.8 Å². The molecule has 1 aromatic carbocycles. The van der Waals surface area contributed by atoms with Crippen LogP contribution in [0.5, 0.6) is 5.75 Å². The van der Waals surface area contributed by atoms with Gasteiger partial charge in [0.2, 0.25) is 0 Å². The summed E-state index contributed by atoms with van der Waals surface area (Å²) >= 11 is 0. The molecule has 0 radical (unpaired) electrons. The van der Waals surface area contributed by atoms with E-state index >= 15 is 0 Å². The van der Waals surface area contributed by atoms with Gasteiger partial charge in [0.15, 0.2) is 11.6 Å². The number of halogens is 1. The van der Waals surface area contributed by atoms with E-state index in [0.717, 1.165) is 0 Å². The van der Waals surface area contributed by atoms with Gasteiger partial charge in [-0.2, -0.15) is 0 Å². The number of hydrogen-bond donors (Lipinski definition) is 1. The van der Waals surface area contributed by atoms with E-state index in [0.29, 0.717) is 16.8 Å². The number of pyridine rings is 1. The number of methoxy groups -OCH3 is 1. The topological polar surface area (TPSA) is 68.7 Å². The molecule has 1 heterocycles. The molecule has 2 aromatic rings. The van der Waals surface area contributed by atoms with E-state index in [4.69, 9.17) is 9.84 Å². The van der Waals surface area contributed by atoms with Gasteiger partial charge >= 0.3 is 5.97 Å². The second-order valence-corrected chi connectivity index (χ2v) is 4.24. The minimum Gasteiger partial charge on any atom is -0.484 e. The summed E-state index contributed by atoms with van der Waals surface area (Å²) in [7, 11) is 1.29. The van der Waals surface area contributed by atoms with E-state index in [1.807, 2.05) is 0 Å². The first-order chi connectivity index (χ1) is 10.1. The molecule has 0 saturated heterocycles. The summed E-state index contributed by atoms with van der Waals surface area (Å²) in [6.45, 7) is -0.162. The SMILES string of the molecule is COC(=O)c1ccc(COc2ccc(CO)cc2F)nc1. The van der Waals surface area contributed by atoms with Crippen LogP contribution in [0.4, 0.5) is 4.39 Å². The Labute approximate surface area is 121 Å². The maximum absolute atomic E-state index is 13.6. The van der Waals surface area contributed by atoms with E-state index < -0.39 is 11.8 Å². The zero-order valence-corrected chi connectivity index (χ0v) is 11.4. The highest BCUT2D eigenvalue weighted by Gasteiger charge is 2.08. The van der Waals surface area contributed by atoms with Crippen LogP contribution in [-0.2, 0) is 18.0 Å². The predicted octanol–water partition coefficient (Wildman–Crippen LogP) is 2.08. The molecule has 2 rings (SSSR count). The first kappa shape index (κ1) is 14.9. The van der Waals surface area contributed by atoms with Crippen LogP contribution in [0, 0.1) is 5.82 Å². The Balaban J connectivity index is 2.01. The number of esters is 1. The number of carbonyl (C=O) groups excluding carboxylic acids is 1. The van der Waals surface area contributed by atoms with Crippen molar-refractivity contribution < 1.29 is 23.8 Å². The molecule has 0 fully saturated rings. The Hall–Kier alpha value is -2.47. The monoisotopic (exact) mass is 291 g/mol. The summed E-state index contributed by atoms with van der Waals surface area (Å²) in [4.78, 5) is 15.3. The van der Waals surface area contributed by atoms with Gasteiger partial charge in [0.05, 0.1) is 25.0 Å². The van der Waals surface area contributed by atoms with E-state index in [9.17, 15) is 9.18 Å². The summed E-state index contributed by atoms with van der Waals surface area (Å²) in [5.74, 6) is -0.945. The predicted molar refractivity (Wildman–Crippen MR) is 72.2 cm³/mol. The number of rotatable bonds is 5. The molecule has 0 bridgehead atoms. The van der Waals surface area contributed by atoms with Gasteiger partial charge in [-0.3, -0.25) is 4.98 Å². The van der Waals surface area contributed by atoms with Crippen LogP contribution >= 0.6 is 0 Å². The maximum Gasteiger partial charge on any atom is 0.339 e. The zero-order chi connectivity index (χ0) is 15.2. The van der Waals surface area contributed by atoms with Gasteiger partial charge in [0, 0.05) is 6.20 Å². The number of ether oxygens (including phenoxy) is 2. The Bertz CT molecular complexity index is 628. The molecular weight excluding hydrogens is 277 g/mol. The minimum atomic E-state index is -0.548.